The van der Waals surface area contributed by atoms with Gasteiger partial charge >= 0.3 is 0 Å². The van der Waals surface area contributed by atoms with E-state index in [-0.39, 0.29) is 31.6 Å². The monoisotopic (exact) mass is 753 g/mol. The predicted octanol–water partition coefficient (Wildman–Crippen LogP) is 10.8. The van der Waals surface area contributed by atoms with E-state index in [0.29, 0.717) is 36.5 Å². The molecule has 0 amide bonds. The Balaban J connectivity index is 0.000000310. The number of carbonyl (C=O) groups is 1. The summed E-state index contributed by atoms with van der Waals surface area (Å²) in [7, 11) is 0. The molecule has 0 aliphatic heterocycles. The van der Waals surface area contributed by atoms with Crippen LogP contribution >= 0.6 is 0 Å². The van der Waals surface area contributed by atoms with Gasteiger partial charge in [-0.2, -0.15) is 0 Å². The number of carbonyl (C=O) groups excluding carboxylic acids is 1. The van der Waals surface area contributed by atoms with Gasteiger partial charge in [0.1, 0.15) is 0 Å². The molecule has 229 valence electrons. The normalized spacial score (nSPS) is 12.0. The Kier molecular flexibility index (Phi) is 12.1. The largest absolute Gasteiger partial charge is 0.512 e. The molecule has 0 fully saturated rings. The van der Waals surface area contributed by atoms with Crippen LogP contribution in [0.4, 0.5) is 0 Å². The third-order valence-electron chi connectivity index (χ3n) is 7.50. The van der Waals surface area contributed by atoms with Gasteiger partial charge in [-0.1, -0.05) is 109 Å². The summed E-state index contributed by atoms with van der Waals surface area (Å²) in [4.78, 5) is 16.1. The van der Waals surface area contributed by atoms with E-state index in [2.05, 4.69) is 88.4 Å². The first kappa shape index (κ1) is 34.4. The van der Waals surface area contributed by atoms with Crippen molar-refractivity contribution in [3.8, 4) is 33.5 Å². The van der Waals surface area contributed by atoms with Crippen LogP contribution in [0.5, 0.6) is 0 Å². The number of rotatable bonds is 8. The smallest absolute Gasteiger partial charge is 0.159 e. The van der Waals surface area contributed by atoms with Crippen molar-refractivity contribution >= 4 is 16.6 Å². The fraction of sp³-hybridized carbons (Fsp3) is 0.385. The molecule has 4 heteroatoms. The minimum Gasteiger partial charge on any atom is -0.512 e. The Morgan fingerprint density at radius 1 is 0.837 bits per heavy atom. The van der Waals surface area contributed by atoms with Crippen LogP contribution in [-0.2, 0) is 31.3 Å². The van der Waals surface area contributed by atoms with Gasteiger partial charge in [-0.3, -0.25) is 4.79 Å². The van der Waals surface area contributed by atoms with E-state index in [4.69, 9.17) is 4.98 Å². The summed E-state index contributed by atoms with van der Waals surface area (Å²) in [6.07, 6.45) is 5.50. The first-order chi connectivity index (χ1) is 19.9. The van der Waals surface area contributed by atoms with Gasteiger partial charge in [0.2, 0.25) is 0 Å². The number of hydrogen-bond acceptors (Lipinski definition) is 3. The van der Waals surface area contributed by atoms with Crippen molar-refractivity contribution in [3.05, 3.63) is 89.8 Å². The van der Waals surface area contributed by atoms with Crippen molar-refractivity contribution in [3.63, 3.8) is 0 Å². The Morgan fingerprint density at radius 3 is 2.09 bits per heavy atom. The molecular formula is C39H46IrNO2-. The van der Waals surface area contributed by atoms with Crippen LogP contribution in [0.25, 0.3) is 44.3 Å². The number of fused-ring (bicyclic) bond motifs is 5. The second-order valence-electron chi connectivity index (χ2n) is 13.2. The summed E-state index contributed by atoms with van der Waals surface area (Å²) in [6, 6.07) is 23.8. The van der Waals surface area contributed by atoms with E-state index in [1.165, 1.54) is 50.2 Å². The van der Waals surface area contributed by atoms with E-state index < -0.39 is 0 Å². The maximum atomic E-state index is 11.2. The molecule has 1 aliphatic carbocycles. The van der Waals surface area contributed by atoms with Crippen molar-refractivity contribution in [1.29, 1.82) is 0 Å². The fourth-order valence-electron chi connectivity index (χ4n) is 5.70. The average Bonchev–Trinajstić information content (AvgIpc) is 3.02. The Labute approximate surface area is 272 Å². The summed E-state index contributed by atoms with van der Waals surface area (Å²) >= 11 is 0. The summed E-state index contributed by atoms with van der Waals surface area (Å²) in [5.74, 6) is 2.07. The van der Waals surface area contributed by atoms with Gasteiger partial charge in [0.25, 0.3) is 0 Å². The number of nitrogens with zero attached hydrogens (tertiary/aromatic N) is 1. The van der Waals surface area contributed by atoms with Crippen molar-refractivity contribution in [2.75, 3.05) is 0 Å². The van der Waals surface area contributed by atoms with E-state index in [9.17, 15) is 9.90 Å². The van der Waals surface area contributed by atoms with Crippen LogP contribution in [0.1, 0.15) is 85.3 Å². The maximum absolute atomic E-state index is 11.2. The Morgan fingerprint density at radius 2 is 1.49 bits per heavy atom. The van der Waals surface area contributed by atoms with Crippen molar-refractivity contribution in [2.45, 2.75) is 80.6 Å². The van der Waals surface area contributed by atoms with Crippen LogP contribution in [0.2, 0.25) is 0 Å². The zero-order valence-corrected chi connectivity index (χ0v) is 29.3. The van der Waals surface area contributed by atoms with Gasteiger partial charge in [0.15, 0.2) is 5.78 Å². The number of pyridine rings is 1. The SMILES string of the molecule is CC(C)CC(=O)/C=C(\O)CC(C)C.CC(C)Cc1cc2c3c(nccc3c1)-c1[c-]cc(C(C)C)cc1-c1ccccc1-2.[Ir]. The third kappa shape index (κ3) is 8.52. The summed E-state index contributed by atoms with van der Waals surface area (Å²) in [5.41, 5.74) is 10.00. The second kappa shape index (κ2) is 15.1. The van der Waals surface area contributed by atoms with Crippen molar-refractivity contribution < 1.29 is 30.0 Å². The van der Waals surface area contributed by atoms with Crippen molar-refractivity contribution in [2.24, 2.45) is 17.8 Å². The van der Waals surface area contributed by atoms with Crippen molar-refractivity contribution in [1.82, 2.24) is 4.98 Å². The van der Waals surface area contributed by atoms with Gasteiger partial charge in [0.05, 0.1) is 5.76 Å². The topological polar surface area (TPSA) is 50.2 Å². The molecule has 0 atom stereocenters. The van der Waals surface area contributed by atoms with Crippen LogP contribution < -0.4 is 0 Å². The number of aromatic nitrogens is 1. The number of allylic oxidation sites excluding steroid dienone is 2. The molecule has 0 spiro atoms. The first-order valence-corrected chi connectivity index (χ1v) is 15.4. The molecule has 43 heavy (non-hydrogen) atoms. The average molecular weight is 753 g/mol. The zero-order chi connectivity index (χ0) is 30.6. The summed E-state index contributed by atoms with van der Waals surface area (Å²) < 4.78 is 0. The summed E-state index contributed by atoms with van der Waals surface area (Å²) in [5, 5.41) is 11.9. The first-order valence-electron chi connectivity index (χ1n) is 15.4. The van der Waals surface area contributed by atoms with Crippen LogP contribution in [0, 0.1) is 23.8 Å². The third-order valence-corrected chi connectivity index (χ3v) is 7.50. The summed E-state index contributed by atoms with van der Waals surface area (Å²) in [6.45, 7) is 17.1. The molecule has 1 aromatic heterocycles. The van der Waals surface area contributed by atoms with Crippen LogP contribution in [0.15, 0.2) is 72.6 Å². The molecule has 1 N–H and O–H groups in total. The van der Waals surface area contributed by atoms with Gasteiger partial charge in [-0.05, 0) is 63.4 Å². The molecule has 0 saturated heterocycles. The molecule has 3 nitrogen and oxygen atoms in total. The molecule has 5 rings (SSSR count). The Hall–Kier alpha value is -3.07. The number of hydrogen-bond donors (Lipinski definition) is 1. The van der Waals surface area contributed by atoms with E-state index in [0.717, 1.165) is 17.7 Å². The second-order valence-corrected chi connectivity index (χ2v) is 13.2. The molecule has 0 saturated carbocycles. The number of aliphatic hydroxyl groups excluding tert-OH is 1. The van der Waals surface area contributed by atoms with Gasteiger partial charge < -0.3 is 10.1 Å². The number of aliphatic hydroxyl groups is 1. The molecule has 0 unspecified atom stereocenters. The molecule has 0 bridgehead atoms. The van der Waals surface area contributed by atoms with Crippen LogP contribution in [0.3, 0.4) is 0 Å². The Bertz CT molecular complexity index is 1600. The fourth-order valence-corrected chi connectivity index (χ4v) is 5.70. The van der Waals surface area contributed by atoms with E-state index in [1.807, 2.05) is 33.9 Å². The molecule has 4 aromatic rings. The molecular weight excluding hydrogens is 707 g/mol. The standard InChI is InChI=1S/C28H26N.C11H20O2.Ir/c1-17(2)13-19-14-21-11-12-29-28-24-10-9-20(18(3)4)16-25(24)22-7-5-6-8-23(22)26(15-19)27(21)28;1-8(2)5-10(12)7-11(13)6-9(3)4;/h5-9,11-12,14-18H,13H2,1-4H3;7-9,12H,5-6H2,1-4H3;/q-1;;/b;10-7-;. The maximum Gasteiger partial charge on any atom is 0.159 e. The minimum absolute atomic E-state index is 0. The number of benzene rings is 3. The molecule has 1 aliphatic rings. The quantitative estimate of drug-likeness (QED) is 0.0976. The molecule has 3 aromatic carbocycles. The van der Waals surface area contributed by atoms with Gasteiger partial charge in [0, 0.05) is 45.2 Å². The van der Waals surface area contributed by atoms with Gasteiger partial charge in [-0.25, -0.2) is 0 Å². The van der Waals surface area contributed by atoms with E-state index in [1.54, 1.807) is 0 Å². The van der Waals surface area contributed by atoms with Gasteiger partial charge in [-0.15, -0.1) is 29.3 Å². The zero-order valence-electron chi connectivity index (χ0n) is 26.9. The predicted molar refractivity (Wildman–Crippen MR) is 178 cm³/mol. The molecule has 1 radical (unpaired) electrons. The van der Waals surface area contributed by atoms with Crippen LogP contribution in [-0.4, -0.2) is 15.9 Å². The van der Waals surface area contributed by atoms with E-state index >= 15 is 0 Å². The molecule has 1 heterocycles. The number of ketones is 1. The minimum atomic E-state index is 0.